The smallest absolute Gasteiger partial charge is 0.306 e. The second-order valence-electron chi connectivity index (χ2n) is 6.97. The van der Waals surface area contributed by atoms with Gasteiger partial charge in [-0.1, -0.05) is 30.3 Å². The Morgan fingerprint density at radius 3 is 2.34 bits per heavy atom. The zero-order chi connectivity index (χ0) is 22.7. The second kappa shape index (κ2) is 8.68. The van der Waals surface area contributed by atoms with Gasteiger partial charge in [0.1, 0.15) is 5.82 Å². The number of amides is 2. The van der Waals surface area contributed by atoms with Gasteiger partial charge in [0, 0.05) is 5.56 Å². The number of nitrogens with zero attached hydrogens (tertiary/aromatic N) is 1. The summed E-state index contributed by atoms with van der Waals surface area (Å²) in [5.74, 6) is -1.54. The lowest BCUT2D eigenvalue weighted by Gasteiger charge is -2.09. The second-order valence-corrected chi connectivity index (χ2v) is 6.97. The van der Waals surface area contributed by atoms with Gasteiger partial charge in [0.15, 0.2) is 0 Å². The third-order valence-electron chi connectivity index (χ3n) is 4.77. The molecular weight excluding hydrogens is 415 g/mol. The minimum Gasteiger partial charge on any atom is -0.306 e. The van der Waals surface area contributed by atoms with Gasteiger partial charge in [-0.2, -0.15) is 0 Å². The summed E-state index contributed by atoms with van der Waals surface area (Å²) in [6.07, 6.45) is -0.0510. The van der Waals surface area contributed by atoms with Crippen molar-refractivity contribution >= 4 is 22.7 Å². The number of benzene rings is 3. The first-order valence-corrected chi connectivity index (χ1v) is 9.60. The third-order valence-corrected chi connectivity index (χ3v) is 4.77. The van der Waals surface area contributed by atoms with Crippen molar-refractivity contribution in [2.45, 2.75) is 6.42 Å². The van der Waals surface area contributed by atoms with Gasteiger partial charge in [-0.05, 0) is 48.0 Å². The summed E-state index contributed by atoms with van der Waals surface area (Å²) in [4.78, 5) is 52.3. The number of hydrazine groups is 1. The summed E-state index contributed by atoms with van der Waals surface area (Å²) >= 11 is 0. The van der Waals surface area contributed by atoms with Crippen LogP contribution in [0.3, 0.4) is 0 Å². The number of fused-ring (bicyclic) bond motifs is 1. The largest absolute Gasteiger partial charge is 0.333 e. The van der Waals surface area contributed by atoms with E-state index in [1.807, 2.05) is 0 Å². The molecular formula is C23H17FN4O4. The maximum absolute atomic E-state index is 12.9. The van der Waals surface area contributed by atoms with Crippen LogP contribution in [-0.4, -0.2) is 21.4 Å². The van der Waals surface area contributed by atoms with Crippen molar-refractivity contribution in [2.75, 3.05) is 0 Å². The number of halogens is 1. The highest BCUT2D eigenvalue weighted by Crippen LogP contribution is 2.11. The molecule has 0 fully saturated rings. The van der Waals surface area contributed by atoms with Crippen LogP contribution in [0.1, 0.15) is 15.9 Å². The molecule has 0 aliphatic heterocycles. The van der Waals surface area contributed by atoms with Crippen molar-refractivity contribution in [3.63, 3.8) is 0 Å². The summed E-state index contributed by atoms with van der Waals surface area (Å²) in [5, 5.41) is 0.227. The van der Waals surface area contributed by atoms with Crippen molar-refractivity contribution in [3.8, 4) is 5.69 Å². The molecule has 1 heterocycles. The first kappa shape index (κ1) is 20.7. The Kier molecular flexibility index (Phi) is 5.63. The molecule has 0 bridgehead atoms. The summed E-state index contributed by atoms with van der Waals surface area (Å²) in [5.41, 5.74) is 4.72. The van der Waals surface area contributed by atoms with E-state index in [0.29, 0.717) is 11.3 Å². The van der Waals surface area contributed by atoms with E-state index in [0.717, 1.165) is 4.57 Å². The molecule has 0 saturated heterocycles. The van der Waals surface area contributed by atoms with Crippen LogP contribution in [0.15, 0.2) is 82.4 Å². The van der Waals surface area contributed by atoms with Crippen molar-refractivity contribution in [3.05, 3.63) is 111 Å². The summed E-state index contributed by atoms with van der Waals surface area (Å²) in [7, 11) is 0. The fourth-order valence-electron chi connectivity index (χ4n) is 3.20. The maximum atomic E-state index is 12.9. The number of carbonyl (C=O) groups excluding carboxylic acids is 2. The van der Waals surface area contributed by atoms with Gasteiger partial charge in [-0.3, -0.25) is 25.2 Å². The van der Waals surface area contributed by atoms with Crippen molar-refractivity contribution in [1.29, 1.82) is 0 Å². The first-order chi connectivity index (χ1) is 15.4. The summed E-state index contributed by atoms with van der Waals surface area (Å²) < 4.78 is 13.9. The zero-order valence-electron chi connectivity index (χ0n) is 16.6. The molecule has 0 atom stereocenters. The fourth-order valence-corrected chi connectivity index (χ4v) is 3.20. The van der Waals surface area contributed by atoms with Crippen LogP contribution in [0.5, 0.6) is 0 Å². The number of hydrogen-bond donors (Lipinski definition) is 3. The van der Waals surface area contributed by atoms with E-state index in [1.165, 1.54) is 42.5 Å². The zero-order valence-corrected chi connectivity index (χ0v) is 16.6. The van der Waals surface area contributed by atoms with Gasteiger partial charge >= 0.3 is 5.69 Å². The summed E-state index contributed by atoms with van der Waals surface area (Å²) in [6, 6.07) is 18.1. The van der Waals surface area contributed by atoms with E-state index < -0.39 is 28.9 Å². The normalized spacial score (nSPS) is 10.7. The van der Waals surface area contributed by atoms with Gasteiger partial charge < -0.3 is 4.98 Å². The number of aromatic nitrogens is 2. The molecule has 2 amide bonds. The Hall–Kier alpha value is -4.53. The molecule has 9 heteroatoms. The molecule has 4 aromatic rings. The molecule has 0 unspecified atom stereocenters. The highest BCUT2D eigenvalue weighted by Gasteiger charge is 2.13. The van der Waals surface area contributed by atoms with Crippen LogP contribution in [0, 0.1) is 5.82 Å². The summed E-state index contributed by atoms with van der Waals surface area (Å²) in [6.45, 7) is 0. The Labute approximate surface area is 180 Å². The number of H-pyrrole nitrogens is 1. The van der Waals surface area contributed by atoms with Crippen molar-refractivity contribution in [2.24, 2.45) is 0 Å². The van der Waals surface area contributed by atoms with Crippen molar-refractivity contribution < 1.29 is 14.0 Å². The Balaban J connectivity index is 1.51. The molecule has 0 saturated carbocycles. The van der Waals surface area contributed by atoms with Crippen LogP contribution in [0.2, 0.25) is 0 Å². The third kappa shape index (κ3) is 4.31. The molecule has 0 aliphatic rings. The van der Waals surface area contributed by atoms with Gasteiger partial charge in [0.2, 0.25) is 5.91 Å². The fraction of sp³-hybridized carbons (Fsp3) is 0.0435. The van der Waals surface area contributed by atoms with E-state index >= 15 is 0 Å². The van der Waals surface area contributed by atoms with Crippen LogP contribution in [0.25, 0.3) is 16.6 Å². The molecule has 0 radical (unpaired) electrons. The topological polar surface area (TPSA) is 113 Å². The van der Waals surface area contributed by atoms with E-state index in [-0.39, 0.29) is 22.9 Å². The predicted molar refractivity (Wildman–Crippen MR) is 116 cm³/mol. The van der Waals surface area contributed by atoms with Gasteiger partial charge in [-0.15, -0.1) is 0 Å². The van der Waals surface area contributed by atoms with E-state index in [9.17, 15) is 23.6 Å². The minimum absolute atomic E-state index is 0.0510. The van der Waals surface area contributed by atoms with Gasteiger partial charge in [0.05, 0.1) is 23.0 Å². The molecule has 160 valence electrons. The first-order valence-electron chi connectivity index (χ1n) is 9.60. The molecule has 3 N–H and O–H groups in total. The Bertz CT molecular complexity index is 1430. The number of para-hydroxylation sites is 1. The number of carbonyl (C=O) groups is 2. The van der Waals surface area contributed by atoms with Crippen LogP contribution in [-0.2, 0) is 11.2 Å². The highest BCUT2D eigenvalue weighted by atomic mass is 19.1. The number of hydrogen-bond acceptors (Lipinski definition) is 4. The average molecular weight is 432 g/mol. The van der Waals surface area contributed by atoms with Gasteiger partial charge in [-0.25, -0.2) is 13.8 Å². The lowest BCUT2D eigenvalue weighted by Crippen LogP contribution is -2.42. The van der Waals surface area contributed by atoms with Crippen LogP contribution in [0.4, 0.5) is 4.39 Å². The molecule has 32 heavy (non-hydrogen) atoms. The standard InChI is InChI=1S/C23H17FN4O4/c24-16-9-6-14(7-10-16)12-20(29)26-27-21(30)15-8-11-18-19(13-15)25-23(32)28(22(18)31)17-4-2-1-3-5-17/h1-11,13H,12H2,(H,25,32)(H,26,29)(H,27,30). The lowest BCUT2D eigenvalue weighted by molar-refractivity contribution is -0.121. The molecule has 4 rings (SSSR count). The lowest BCUT2D eigenvalue weighted by atomic mass is 10.1. The van der Waals surface area contributed by atoms with E-state index in [4.69, 9.17) is 0 Å². The predicted octanol–water partition coefficient (Wildman–Crippen LogP) is 1.82. The molecule has 0 aliphatic carbocycles. The van der Waals surface area contributed by atoms with E-state index in [1.54, 1.807) is 30.3 Å². The quantitative estimate of drug-likeness (QED) is 0.427. The van der Waals surface area contributed by atoms with E-state index in [2.05, 4.69) is 15.8 Å². The maximum Gasteiger partial charge on any atom is 0.333 e. The van der Waals surface area contributed by atoms with Crippen LogP contribution >= 0.6 is 0 Å². The monoisotopic (exact) mass is 432 g/mol. The average Bonchev–Trinajstić information content (AvgIpc) is 2.79. The van der Waals surface area contributed by atoms with Crippen molar-refractivity contribution in [1.82, 2.24) is 20.4 Å². The minimum atomic E-state index is -0.640. The van der Waals surface area contributed by atoms with Crippen LogP contribution < -0.4 is 22.1 Å². The Morgan fingerprint density at radius 2 is 1.62 bits per heavy atom. The van der Waals surface area contributed by atoms with Gasteiger partial charge in [0.25, 0.3) is 11.5 Å². The number of aromatic amines is 1. The highest BCUT2D eigenvalue weighted by molar-refractivity contribution is 5.98. The number of rotatable bonds is 4. The molecule has 8 nitrogen and oxygen atoms in total. The molecule has 1 aromatic heterocycles. The molecule has 3 aromatic carbocycles. The SMILES string of the molecule is O=C(Cc1ccc(F)cc1)NNC(=O)c1ccc2c(=O)n(-c3ccccc3)c(=O)[nH]c2c1. The Morgan fingerprint density at radius 1 is 0.906 bits per heavy atom. The number of nitrogens with one attached hydrogen (secondary N) is 3. The molecule has 0 spiro atoms.